The van der Waals surface area contributed by atoms with Gasteiger partial charge in [0.05, 0.1) is 18.2 Å². The molecule has 0 saturated carbocycles. The van der Waals surface area contributed by atoms with Gasteiger partial charge in [-0.05, 0) is 57.9 Å². The summed E-state index contributed by atoms with van der Waals surface area (Å²) < 4.78 is 11.8. The van der Waals surface area contributed by atoms with Gasteiger partial charge in [0, 0.05) is 32.8 Å². The van der Waals surface area contributed by atoms with Crippen molar-refractivity contribution < 1.29 is 19.2 Å². The topological polar surface area (TPSA) is 103 Å². The number of hydrazone groups is 1. The van der Waals surface area contributed by atoms with Gasteiger partial charge in [-0.1, -0.05) is 23.7 Å². The van der Waals surface area contributed by atoms with Gasteiger partial charge >= 0.3 is 0 Å². The van der Waals surface area contributed by atoms with E-state index in [2.05, 4.69) is 26.5 Å². The Morgan fingerprint density at radius 2 is 1.94 bits per heavy atom. The number of methoxy groups -OCH3 is 1. The van der Waals surface area contributed by atoms with Crippen LogP contribution in [-0.2, 0) is 6.61 Å². The van der Waals surface area contributed by atoms with Crippen LogP contribution < -0.4 is 14.9 Å². The fraction of sp³-hybridized carbons (Fsp3) is 0.0909. The first kappa shape index (κ1) is 23.2. The highest BCUT2D eigenvalue weighted by Crippen LogP contribution is 2.33. The fourth-order valence-corrected chi connectivity index (χ4v) is 3.22. The Bertz CT molecular complexity index is 1170. The van der Waals surface area contributed by atoms with Crippen LogP contribution in [0.15, 0.2) is 70.2 Å². The number of hydrogen-bond donors (Lipinski definition) is 1. The number of carbonyl (C=O) groups is 1. The second kappa shape index (κ2) is 10.7. The lowest BCUT2D eigenvalue weighted by atomic mass is 10.2. The van der Waals surface area contributed by atoms with Crippen LogP contribution in [0, 0.1) is 10.1 Å². The van der Waals surface area contributed by atoms with Gasteiger partial charge < -0.3 is 9.47 Å². The molecule has 3 aromatic rings. The number of halogens is 2. The number of ether oxygens (including phenoxy) is 2. The molecule has 0 bridgehead atoms. The molecule has 0 aliphatic carbocycles. The summed E-state index contributed by atoms with van der Waals surface area (Å²) >= 11 is 9.26. The van der Waals surface area contributed by atoms with Crippen molar-refractivity contribution in [2.75, 3.05) is 7.11 Å². The lowest BCUT2D eigenvalue weighted by Crippen LogP contribution is -2.17. The summed E-state index contributed by atoms with van der Waals surface area (Å²) in [5, 5.41) is 15.4. The number of amides is 1. The van der Waals surface area contributed by atoms with Crippen LogP contribution in [0.1, 0.15) is 21.5 Å². The highest BCUT2D eigenvalue weighted by molar-refractivity contribution is 9.10. The number of carbonyl (C=O) groups excluding carboxylic acids is 1. The van der Waals surface area contributed by atoms with E-state index >= 15 is 0 Å². The molecule has 0 aliphatic rings. The van der Waals surface area contributed by atoms with Crippen molar-refractivity contribution in [1.29, 1.82) is 0 Å². The molecule has 0 saturated heterocycles. The molecular weight excluding hydrogens is 502 g/mol. The molecule has 3 rings (SSSR count). The Kier molecular flexibility index (Phi) is 7.80. The van der Waals surface area contributed by atoms with E-state index in [1.807, 2.05) is 0 Å². The van der Waals surface area contributed by atoms with Gasteiger partial charge in [-0.15, -0.1) is 0 Å². The van der Waals surface area contributed by atoms with Crippen molar-refractivity contribution in [2.24, 2.45) is 5.10 Å². The molecule has 8 nitrogen and oxygen atoms in total. The molecule has 0 unspecified atom stereocenters. The number of nitro groups is 1. The van der Waals surface area contributed by atoms with E-state index in [1.165, 1.54) is 25.5 Å². The van der Waals surface area contributed by atoms with E-state index in [1.54, 1.807) is 48.5 Å². The summed E-state index contributed by atoms with van der Waals surface area (Å²) in [7, 11) is 1.49. The van der Waals surface area contributed by atoms with Crippen molar-refractivity contribution in [3.8, 4) is 11.5 Å². The van der Waals surface area contributed by atoms with E-state index in [9.17, 15) is 14.9 Å². The normalized spacial score (nSPS) is 10.7. The molecule has 0 radical (unpaired) electrons. The van der Waals surface area contributed by atoms with Gasteiger partial charge in [0.25, 0.3) is 11.6 Å². The number of hydrogen-bond acceptors (Lipinski definition) is 6. The first-order valence-corrected chi connectivity index (χ1v) is 10.4. The van der Waals surface area contributed by atoms with Crippen molar-refractivity contribution in [3.05, 3.63) is 97.0 Å². The van der Waals surface area contributed by atoms with E-state index in [-0.39, 0.29) is 18.2 Å². The van der Waals surface area contributed by atoms with Crippen molar-refractivity contribution >= 4 is 45.3 Å². The van der Waals surface area contributed by atoms with Gasteiger partial charge in [-0.25, -0.2) is 5.43 Å². The van der Waals surface area contributed by atoms with Crippen LogP contribution in [0.3, 0.4) is 0 Å². The minimum Gasteiger partial charge on any atom is -0.493 e. The molecule has 32 heavy (non-hydrogen) atoms. The maximum Gasteiger partial charge on any atom is 0.271 e. The fourth-order valence-electron chi connectivity index (χ4n) is 2.67. The van der Waals surface area contributed by atoms with Crippen LogP contribution in [0.5, 0.6) is 11.5 Å². The Morgan fingerprint density at radius 3 is 2.62 bits per heavy atom. The Hall–Kier alpha value is -3.43. The summed E-state index contributed by atoms with van der Waals surface area (Å²) in [6.45, 7) is 0.120. The third-order valence-electron chi connectivity index (χ3n) is 4.27. The maximum atomic E-state index is 12.1. The zero-order valence-electron chi connectivity index (χ0n) is 16.7. The van der Waals surface area contributed by atoms with Crippen molar-refractivity contribution in [3.63, 3.8) is 0 Å². The Morgan fingerprint density at radius 1 is 1.19 bits per heavy atom. The lowest BCUT2D eigenvalue weighted by molar-refractivity contribution is -0.384. The summed E-state index contributed by atoms with van der Waals surface area (Å²) in [4.78, 5) is 22.6. The highest BCUT2D eigenvalue weighted by atomic mass is 79.9. The Balaban J connectivity index is 1.69. The average molecular weight is 519 g/mol. The molecule has 10 heteroatoms. The maximum absolute atomic E-state index is 12.1. The summed E-state index contributed by atoms with van der Waals surface area (Å²) in [6.07, 6.45) is 1.46. The standard InChI is InChI=1S/C22H17BrClN3O5/c1-31-20-10-16(12-25-26-22(28)15-5-7-17(24)8-6-15)19(23)11-21(20)32-13-14-3-2-4-18(9-14)27(29)30/h2-12H,13H2,1H3,(H,26,28)/b25-12-. The first-order valence-electron chi connectivity index (χ1n) is 9.20. The molecule has 0 atom stereocenters. The predicted octanol–water partition coefficient (Wildman–Crippen LogP) is 5.36. The van der Waals surface area contributed by atoms with Gasteiger partial charge in [0.1, 0.15) is 6.61 Å². The molecule has 1 N–H and O–H groups in total. The minimum atomic E-state index is -0.458. The number of non-ortho nitro benzene ring substituents is 1. The highest BCUT2D eigenvalue weighted by Gasteiger charge is 2.12. The molecular formula is C22H17BrClN3O5. The van der Waals surface area contributed by atoms with Crippen molar-refractivity contribution in [2.45, 2.75) is 6.61 Å². The molecule has 0 aliphatic heterocycles. The molecule has 0 heterocycles. The number of benzene rings is 3. The molecule has 0 aromatic heterocycles. The van der Waals surface area contributed by atoms with Crippen LogP contribution >= 0.6 is 27.5 Å². The van der Waals surface area contributed by atoms with E-state index in [0.717, 1.165) is 0 Å². The molecule has 0 fully saturated rings. The van der Waals surface area contributed by atoms with Gasteiger partial charge in [-0.2, -0.15) is 5.10 Å². The van der Waals surface area contributed by atoms with E-state index < -0.39 is 4.92 Å². The summed E-state index contributed by atoms with van der Waals surface area (Å²) in [5.74, 6) is 0.496. The van der Waals surface area contributed by atoms with Gasteiger partial charge in [0.15, 0.2) is 11.5 Å². The lowest BCUT2D eigenvalue weighted by Gasteiger charge is -2.12. The number of nitrogens with one attached hydrogen (secondary N) is 1. The third kappa shape index (κ3) is 6.05. The number of nitrogens with zero attached hydrogens (tertiary/aromatic N) is 2. The largest absolute Gasteiger partial charge is 0.493 e. The van der Waals surface area contributed by atoms with Gasteiger partial charge in [0.2, 0.25) is 0 Å². The zero-order chi connectivity index (χ0) is 23.1. The van der Waals surface area contributed by atoms with Crippen LogP contribution in [0.4, 0.5) is 5.69 Å². The minimum absolute atomic E-state index is 0.00791. The summed E-state index contributed by atoms with van der Waals surface area (Å²) in [6, 6.07) is 16.0. The summed E-state index contributed by atoms with van der Waals surface area (Å²) in [5.41, 5.74) is 4.15. The number of nitro benzene ring substituents is 1. The van der Waals surface area contributed by atoms with Crippen LogP contribution in [-0.4, -0.2) is 24.2 Å². The van der Waals surface area contributed by atoms with Crippen LogP contribution in [0.2, 0.25) is 5.02 Å². The van der Waals surface area contributed by atoms with Gasteiger partial charge in [-0.3, -0.25) is 14.9 Å². The molecule has 164 valence electrons. The molecule has 0 spiro atoms. The predicted molar refractivity (Wildman–Crippen MR) is 125 cm³/mol. The second-order valence-electron chi connectivity index (χ2n) is 6.45. The smallest absolute Gasteiger partial charge is 0.271 e. The first-order chi connectivity index (χ1) is 15.4. The molecule has 3 aromatic carbocycles. The monoisotopic (exact) mass is 517 g/mol. The van der Waals surface area contributed by atoms with Crippen LogP contribution in [0.25, 0.3) is 0 Å². The quantitative estimate of drug-likeness (QED) is 0.246. The second-order valence-corrected chi connectivity index (χ2v) is 7.74. The Labute approximate surface area is 197 Å². The molecule has 1 amide bonds. The number of rotatable bonds is 8. The average Bonchev–Trinajstić information content (AvgIpc) is 2.79. The zero-order valence-corrected chi connectivity index (χ0v) is 19.1. The van der Waals surface area contributed by atoms with E-state index in [4.69, 9.17) is 21.1 Å². The SMILES string of the molecule is COc1cc(/C=N\NC(=O)c2ccc(Cl)cc2)c(Br)cc1OCc1cccc([N+](=O)[O-])c1. The third-order valence-corrected chi connectivity index (χ3v) is 5.21. The van der Waals surface area contributed by atoms with E-state index in [0.29, 0.717) is 37.7 Å². The van der Waals surface area contributed by atoms with Crippen molar-refractivity contribution in [1.82, 2.24) is 5.43 Å².